The van der Waals surface area contributed by atoms with E-state index in [9.17, 15) is 19.8 Å². The molecule has 3 unspecified atom stereocenters. The maximum atomic E-state index is 13.3. The lowest BCUT2D eigenvalue weighted by Gasteiger charge is -2.24. The first-order valence-electron chi connectivity index (χ1n) is 27.9. The van der Waals surface area contributed by atoms with Crippen molar-refractivity contribution in [3.05, 3.63) is 85.1 Å². The van der Waals surface area contributed by atoms with Crippen molar-refractivity contribution in [2.75, 3.05) is 6.61 Å². The highest BCUT2D eigenvalue weighted by atomic mass is 16.5. The van der Waals surface area contributed by atoms with Gasteiger partial charge in [-0.25, -0.2) is 0 Å². The number of unbranched alkanes of at least 4 members (excludes halogenated alkanes) is 28. The molecule has 0 aliphatic rings. The number of nitrogens with one attached hydrogen (secondary N) is 1. The monoisotopic (exact) mass is 920 g/mol. The number of allylic oxidation sites excluding steroid dienone is 14. The highest BCUT2D eigenvalue weighted by Gasteiger charge is 2.24. The van der Waals surface area contributed by atoms with Gasteiger partial charge >= 0.3 is 5.97 Å². The molecule has 0 aromatic rings. The summed E-state index contributed by atoms with van der Waals surface area (Å²) in [6, 6.07) is -0.723. The van der Waals surface area contributed by atoms with E-state index in [4.69, 9.17) is 4.74 Å². The molecule has 0 aromatic heterocycles. The van der Waals surface area contributed by atoms with E-state index in [1.807, 2.05) is 36.5 Å². The fourth-order valence-corrected chi connectivity index (χ4v) is 8.10. The molecule has 6 heteroatoms. The van der Waals surface area contributed by atoms with Crippen molar-refractivity contribution >= 4 is 11.9 Å². The minimum absolute atomic E-state index is 0.0412. The van der Waals surface area contributed by atoms with E-state index in [0.29, 0.717) is 19.3 Å². The topological polar surface area (TPSA) is 95.9 Å². The summed E-state index contributed by atoms with van der Waals surface area (Å²) in [5.41, 5.74) is 0. The summed E-state index contributed by atoms with van der Waals surface area (Å²) in [5.74, 6) is -0.530. The maximum absolute atomic E-state index is 13.3. The smallest absolute Gasteiger partial charge is 0.306 e. The average Bonchev–Trinajstić information content (AvgIpc) is 3.31. The van der Waals surface area contributed by atoms with Crippen molar-refractivity contribution in [2.24, 2.45) is 0 Å². The lowest BCUT2D eigenvalue weighted by molar-refractivity contribution is -0.151. The van der Waals surface area contributed by atoms with Crippen LogP contribution < -0.4 is 5.32 Å². The van der Waals surface area contributed by atoms with Gasteiger partial charge in [0.2, 0.25) is 5.91 Å². The Balaban J connectivity index is 4.67. The van der Waals surface area contributed by atoms with Gasteiger partial charge in [0.15, 0.2) is 0 Å². The molecule has 0 spiro atoms. The summed E-state index contributed by atoms with van der Waals surface area (Å²) >= 11 is 0. The second-order valence-corrected chi connectivity index (χ2v) is 18.8. The Labute approximate surface area is 408 Å². The molecule has 0 aliphatic heterocycles. The van der Waals surface area contributed by atoms with Gasteiger partial charge < -0.3 is 20.3 Å². The van der Waals surface area contributed by atoms with E-state index in [2.05, 4.69) is 74.7 Å². The predicted molar refractivity (Wildman–Crippen MR) is 287 cm³/mol. The number of aliphatic hydroxyl groups excluding tert-OH is 2. The van der Waals surface area contributed by atoms with E-state index in [1.165, 1.54) is 135 Å². The Morgan fingerprint density at radius 3 is 1.29 bits per heavy atom. The standard InChI is InChI=1S/C60H105NO5/c1-4-7-10-13-16-19-22-25-28-31-33-36-39-42-45-48-51-56(66-60(65)53-50-47-44-41-38-35-30-27-24-21-18-15-12-9-6-3)54-59(64)61-57(55-62)58(63)52-49-46-43-40-37-34-32-29-26-23-20-17-14-11-8-5-2/h10,13,16,18-19,21-22,24-25,27-28,31,33,36,56-58,62-63H,4-9,11-12,14-15,17,20,23,26,29-30,32,34-35,37-55H2,1-3H3,(H,61,64)/b13-10+,19-16+,21-18+,25-22+,27-24+,31-28+,36-33+. The van der Waals surface area contributed by atoms with Gasteiger partial charge in [-0.3, -0.25) is 9.59 Å². The minimum Gasteiger partial charge on any atom is -0.462 e. The molecule has 0 aromatic carbocycles. The number of amides is 1. The number of esters is 1. The molecule has 3 atom stereocenters. The molecule has 6 nitrogen and oxygen atoms in total. The summed E-state index contributed by atoms with van der Waals surface area (Å²) in [4.78, 5) is 26.2. The molecule has 66 heavy (non-hydrogen) atoms. The average molecular weight is 921 g/mol. The zero-order valence-electron chi connectivity index (χ0n) is 43.3. The number of hydrogen-bond donors (Lipinski definition) is 3. The second kappa shape index (κ2) is 53.0. The highest BCUT2D eigenvalue weighted by molar-refractivity contribution is 5.77. The number of rotatable bonds is 49. The van der Waals surface area contributed by atoms with Crippen LogP contribution >= 0.6 is 0 Å². The Morgan fingerprint density at radius 2 is 0.803 bits per heavy atom. The predicted octanol–water partition coefficient (Wildman–Crippen LogP) is 17.1. The summed E-state index contributed by atoms with van der Waals surface area (Å²) in [5, 5.41) is 23.9. The SMILES string of the molecule is CCC/C=C/C=C/C=C/C=C/C=C/CCCCCC(CC(=O)NC(CO)C(O)CCCCCCCCCCCCCCCCCC)OC(=O)CCCCCCCC/C=C/C=C/CCCCC. The van der Waals surface area contributed by atoms with E-state index < -0.39 is 18.2 Å². The van der Waals surface area contributed by atoms with Gasteiger partial charge in [0, 0.05) is 6.42 Å². The molecule has 0 radical (unpaired) electrons. The van der Waals surface area contributed by atoms with Gasteiger partial charge in [-0.1, -0.05) is 260 Å². The first-order chi connectivity index (χ1) is 32.5. The van der Waals surface area contributed by atoms with Gasteiger partial charge in [-0.15, -0.1) is 0 Å². The van der Waals surface area contributed by atoms with Crippen LogP contribution in [0.3, 0.4) is 0 Å². The zero-order valence-corrected chi connectivity index (χ0v) is 43.3. The number of carbonyl (C=O) groups excluding carboxylic acids is 2. The minimum atomic E-state index is -0.807. The van der Waals surface area contributed by atoms with Gasteiger partial charge in [0.05, 0.1) is 25.2 Å². The Bertz CT molecular complexity index is 1260. The quantitative estimate of drug-likeness (QED) is 0.0321. The Kier molecular flexibility index (Phi) is 50.6. The van der Waals surface area contributed by atoms with Crippen molar-refractivity contribution < 1.29 is 24.5 Å². The lowest BCUT2D eigenvalue weighted by atomic mass is 10.0. The van der Waals surface area contributed by atoms with E-state index >= 15 is 0 Å². The number of ether oxygens (including phenoxy) is 1. The fraction of sp³-hybridized carbons (Fsp3) is 0.733. The van der Waals surface area contributed by atoms with Crippen LogP contribution in [0.4, 0.5) is 0 Å². The summed E-state index contributed by atoms with van der Waals surface area (Å²) in [7, 11) is 0. The van der Waals surface area contributed by atoms with Crippen LogP contribution in [0.2, 0.25) is 0 Å². The van der Waals surface area contributed by atoms with Gasteiger partial charge in [-0.2, -0.15) is 0 Å². The maximum Gasteiger partial charge on any atom is 0.306 e. The molecule has 0 saturated heterocycles. The molecule has 0 fully saturated rings. The first kappa shape index (κ1) is 63.0. The van der Waals surface area contributed by atoms with Crippen LogP contribution in [0.1, 0.15) is 258 Å². The van der Waals surface area contributed by atoms with Crippen LogP contribution in [0.5, 0.6) is 0 Å². The third-order valence-corrected chi connectivity index (χ3v) is 12.3. The molecule has 0 heterocycles. The lowest BCUT2D eigenvalue weighted by Crippen LogP contribution is -2.46. The van der Waals surface area contributed by atoms with Crippen molar-refractivity contribution in [1.29, 1.82) is 0 Å². The summed E-state index contributed by atoms with van der Waals surface area (Å²) in [6.07, 6.45) is 69.2. The molecule has 1 amide bonds. The molecule has 3 N–H and O–H groups in total. The first-order valence-corrected chi connectivity index (χ1v) is 27.9. The number of aliphatic hydroxyl groups is 2. The van der Waals surface area contributed by atoms with Crippen molar-refractivity contribution in [3.63, 3.8) is 0 Å². The molecule has 380 valence electrons. The molecule has 0 saturated carbocycles. The van der Waals surface area contributed by atoms with Crippen molar-refractivity contribution in [1.82, 2.24) is 5.32 Å². The Morgan fingerprint density at radius 1 is 0.439 bits per heavy atom. The van der Waals surface area contributed by atoms with Gasteiger partial charge in [0.1, 0.15) is 6.10 Å². The van der Waals surface area contributed by atoms with E-state index in [-0.39, 0.29) is 24.9 Å². The van der Waals surface area contributed by atoms with Gasteiger partial charge in [-0.05, 0) is 70.6 Å². The Hall–Kier alpha value is -2.96. The number of carbonyl (C=O) groups is 2. The third-order valence-electron chi connectivity index (χ3n) is 12.3. The normalized spacial score (nSPS) is 13.8. The van der Waals surface area contributed by atoms with Crippen LogP contribution in [-0.4, -0.2) is 46.9 Å². The molecular weight excluding hydrogens is 815 g/mol. The van der Waals surface area contributed by atoms with Crippen LogP contribution in [0.15, 0.2) is 85.1 Å². The largest absolute Gasteiger partial charge is 0.462 e. The van der Waals surface area contributed by atoms with Crippen LogP contribution in [0, 0.1) is 0 Å². The van der Waals surface area contributed by atoms with Gasteiger partial charge in [0.25, 0.3) is 0 Å². The fourth-order valence-electron chi connectivity index (χ4n) is 8.10. The second-order valence-electron chi connectivity index (χ2n) is 18.8. The van der Waals surface area contributed by atoms with E-state index in [1.54, 1.807) is 0 Å². The zero-order chi connectivity index (χ0) is 48.1. The molecular formula is C60H105NO5. The third kappa shape index (κ3) is 47.5. The molecule has 0 bridgehead atoms. The summed E-state index contributed by atoms with van der Waals surface area (Å²) in [6.45, 7) is 6.36. The highest BCUT2D eigenvalue weighted by Crippen LogP contribution is 2.18. The van der Waals surface area contributed by atoms with E-state index in [0.717, 1.165) is 77.0 Å². The molecule has 0 rings (SSSR count). The van der Waals surface area contributed by atoms with Crippen LogP contribution in [0.25, 0.3) is 0 Å². The van der Waals surface area contributed by atoms with Crippen LogP contribution in [-0.2, 0) is 14.3 Å². The van der Waals surface area contributed by atoms with Crippen molar-refractivity contribution in [2.45, 2.75) is 277 Å². The summed E-state index contributed by atoms with van der Waals surface area (Å²) < 4.78 is 5.93. The van der Waals surface area contributed by atoms with Crippen molar-refractivity contribution in [3.8, 4) is 0 Å². The molecule has 0 aliphatic carbocycles. The number of hydrogen-bond acceptors (Lipinski definition) is 5.